The Morgan fingerprint density at radius 3 is 2.09 bits per heavy atom. The highest BCUT2D eigenvalue weighted by atomic mass is 32.2. The second kappa shape index (κ2) is 9.34. The fourth-order valence-electron chi connectivity index (χ4n) is 4.59. The van der Waals surface area contributed by atoms with E-state index in [1.165, 1.54) is 19.3 Å². The van der Waals surface area contributed by atoms with Gasteiger partial charge >= 0.3 is 0 Å². The largest absolute Gasteiger partial charge is 0.490 e. The lowest BCUT2D eigenvalue weighted by molar-refractivity contribution is 0.296. The first-order valence-corrected chi connectivity index (χ1v) is 13.2. The highest BCUT2D eigenvalue weighted by molar-refractivity contribution is 7.89. The molecule has 0 atom stereocenters. The second-order valence-electron chi connectivity index (χ2n) is 8.73. The summed E-state index contributed by atoms with van der Waals surface area (Å²) in [5, 5.41) is 0. The quantitative estimate of drug-likeness (QED) is 0.669. The zero-order chi connectivity index (χ0) is 22.8. The van der Waals surface area contributed by atoms with E-state index in [-0.39, 0.29) is 4.90 Å². The Balaban J connectivity index is 1.29. The number of aromatic nitrogens is 2. The summed E-state index contributed by atoms with van der Waals surface area (Å²) in [6.07, 6.45) is 4.43. The summed E-state index contributed by atoms with van der Waals surface area (Å²) < 4.78 is 39.5. The molecule has 0 N–H and O–H groups in total. The van der Waals surface area contributed by atoms with E-state index in [1.54, 1.807) is 22.5 Å². The van der Waals surface area contributed by atoms with E-state index in [0.29, 0.717) is 50.9 Å². The van der Waals surface area contributed by atoms with Gasteiger partial charge in [0, 0.05) is 57.8 Å². The number of hydrogen-bond acceptors (Lipinski definition) is 8. The molecule has 178 valence electrons. The van der Waals surface area contributed by atoms with Crippen LogP contribution >= 0.6 is 0 Å². The van der Waals surface area contributed by atoms with Crippen LogP contribution in [0.5, 0.6) is 11.5 Å². The summed E-state index contributed by atoms with van der Waals surface area (Å²) in [5.74, 6) is 3.68. The molecule has 0 amide bonds. The van der Waals surface area contributed by atoms with E-state index in [4.69, 9.17) is 9.47 Å². The van der Waals surface area contributed by atoms with Crippen molar-refractivity contribution in [3.8, 4) is 11.5 Å². The molecule has 2 fully saturated rings. The summed E-state index contributed by atoms with van der Waals surface area (Å²) in [4.78, 5) is 14.0. The number of aryl methyl sites for hydroxylation is 1. The molecule has 33 heavy (non-hydrogen) atoms. The molecule has 0 bridgehead atoms. The van der Waals surface area contributed by atoms with Crippen molar-refractivity contribution in [1.29, 1.82) is 0 Å². The zero-order valence-electron chi connectivity index (χ0n) is 19.1. The SMILES string of the molecule is Cc1nc(N2CCCCC2)cc(N2CCN(S(=O)(=O)c3ccc4c(c3)OCCCO4)CC2)n1. The van der Waals surface area contributed by atoms with E-state index < -0.39 is 10.0 Å². The maximum absolute atomic E-state index is 13.3. The van der Waals surface area contributed by atoms with Gasteiger partial charge in [0.2, 0.25) is 10.0 Å². The molecule has 2 aromatic rings. The van der Waals surface area contributed by atoms with Gasteiger partial charge in [0.05, 0.1) is 18.1 Å². The van der Waals surface area contributed by atoms with Crippen LogP contribution in [-0.2, 0) is 10.0 Å². The number of piperidine rings is 1. The molecule has 0 unspecified atom stereocenters. The Kier molecular flexibility index (Phi) is 6.29. The molecular weight excluding hydrogens is 442 g/mol. The number of sulfonamides is 1. The van der Waals surface area contributed by atoms with Crippen LogP contribution in [0.4, 0.5) is 11.6 Å². The van der Waals surface area contributed by atoms with Crippen LogP contribution in [0, 0.1) is 6.92 Å². The van der Waals surface area contributed by atoms with Crippen LogP contribution in [0.1, 0.15) is 31.5 Å². The summed E-state index contributed by atoms with van der Waals surface area (Å²) in [5.41, 5.74) is 0. The van der Waals surface area contributed by atoms with Crippen molar-refractivity contribution in [3.63, 3.8) is 0 Å². The molecule has 0 spiro atoms. The van der Waals surface area contributed by atoms with Crippen LogP contribution in [0.15, 0.2) is 29.2 Å². The number of benzene rings is 1. The highest BCUT2D eigenvalue weighted by Crippen LogP contribution is 2.33. The van der Waals surface area contributed by atoms with Gasteiger partial charge in [-0.05, 0) is 38.3 Å². The van der Waals surface area contributed by atoms with E-state index in [1.807, 2.05) is 13.0 Å². The number of nitrogens with zero attached hydrogens (tertiary/aromatic N) is 5. The van der Waals surface area contributed by atoms with Gasteiger partial charge in [-0.25, -0.2) is 18.4 Å². The molecule has 5 rings (SSSR count). The minimum Gasteiger partial charge on any atom is -0.490 e. The first-order chi connectivity index (χ1) is 16.0. The fraction of sp³-hybridized carbons (Fsp3) is 0.565. The van der Waals surface area contributed by atoms with E-state index in [9.17, 15) is 8.42 Å². The van der Waals surface area contributed by atoms with Crippen molar-refractivity contribution in [1.82, 2.24) is 14.3 Å². The zero-order valence-corrected chi connectivity index (χ0v) is 19.9. The van der Waals surface area contributed by atoms with Gasteiger partial charge in [0.15, 0.2) is 11.5 Å². The standard InChI is InChI=1S/C23H31N5O4S/c1-18-24-22(26-8-3-2-4-9-26)17-23(25-18)27-10-12-28(13-11-27)33(29,30)19-6-7-20-21(16-19)32-15-5-14-31-20/h6-7,16-17H,2-5,8-15H2,1H3. The number of hydrogen-bond donors (Lipinski definition) is 0. The van der Waals surface area contributed by atoms with Crippen molar-refractivity contribution < 1.29 is 17.9 Å². The van der Waals surface area contributed by atoms with Crippen LogP contribution in [0.2, 0.25) is 0 Å². The summed E-state index contributed by atoms with van der Waals surface area (Å²) in [6.45, 7) is 7.03. The smallest absolute Gasteiger partial charge is 0.243 e. The van der Waals surface area contributed by atoms with Gasteiger partial charge in [0.1, 0.15) is 17.5 Å². The van der Waals surface area contributed by atoms with Gasteiger partial charge in [-0.2, -0.15) is 4.31 Å². The maximum Gasteiger partial charge on any atom is 0.243 e. The van der Waals surface area contributed by atoms with Crippen LogP contribution in [0.3, 0.4) is 0 Å². The molecule has 3 aliphatic rings. The lowest BCUT2D eigenvalue weighted by Crippen LogP contribution is -2.49. The summed E-state index contributed by atoms with van der Waals surface area (Å²) >= 11 is 0. The van der Waals surface area contributed by atoms with Gasteiger partial charge in [-0.1, -0.05) is 0 Å². The van der Waals surface area contributed by atoms with Crippen molar-refractivity contribution >= 4 is 21.7 Å². The Bertz CT molecular complexity index is 1100. The average Bonchev–Trinajstić information content (AvgIpc) is 3.09. The molecule has 0 radical (unpaired) electrons. The topological polar surface area (TPSA) is 88.1 Å². The molecular formula is C23H31N5O4S. The van der Waals surface area contributed by atoms with Gasteiger partial charge in [-0.3, -0.25) is 0 Å². The number of ether oxygens (including phenoxy) is 2. The predicted octanol–water partition coefficient (Wildman–Crippen LogP) is 2.45. The number of fused-ring (bicyclic) bond motifs is 1. The third kappa shape index (κ3) is 4.72. The van der Waals surface area contributed by atoms with E-state index in [0.717, 1.165) is 37.0 Å². The minimum absolute atomic E-state index is 0.241. The number of piperazine rings is 1. The number of rotatable bonds is 4. The van der Waals surface area contributed by atoms with E-state index in [2.05, 4.69) is 19.8 Å². The third-order valence-electron chi connectivity index (χ3n) is 6.41. The average molecular weight is 474 g/mol. The molecule has 10 heteroatoms. The molecule has 2 saturated heterocycles. The Morgan fingerprint density at radius 1 is 0.758 bits per heavy atom. The molecule has 4 heterocycles. The molecule has 1 aromatic heterocycles. The van der Waals surface area contributed by atoms with Crippen molar-refractivity contribution in [2.24, 2.45) is 0 Å². The molecule has 0 saturated carbocycles. The van der Waals surface area contributed by atoms with Gasteiger partial charge < -0.3 is 19.3 Å². The van der Waals surface area contributed by atoms with Crippen LogP contribution < -0.4 is 19.3 Å². The predicted molar refractivity (Wildman–Crippen MR) is 126 cm³/mol. The normalized spacial score (nSPS) is 19.9. The summed E-state index contributed by atoms with van der Waals surface area (Å²) in [6, 6.07) is 6.93. The molecule has 9 nitrogen and oxygen atoms in total. The monoisotopic (exact) mass is 473 g/mol. The van der Waals surface area contributed by atoms with Gasteiger partial charge in [-0.15, -0.1) is 0 Å². The Morgan fingerprint density at radius 2 is 1.39 bits per heavy atom. The fourth-order valence-corrected chi connectivity index (χ4v) is 6.03. The third-order valence-corrected chi connectivity index (χ3v) is 8.30. The Hall–Kier alpha value is -2.59. The summed E-state index contributed by atoms with van der Waals surface area (Å²) in [7, 11) is -3.62. The number of anilines is 2. The first kappa shape index (κ1) is 22.2. The maximum atomic E-state index is 13.3. The minimum atomic E-state index is -3.62. The first-order valence-electron chi connectivity index (χ1n) is 11.8. The molecule has 3 aliphatic heterocycles. The van der Waals surface area contributed by atoms with E-state index >= 15 is 0 Å². The van der Waals surface area contributed by atoms with Crippen molar-refractivity contribution in [2.45, 2.75) is 37.5 Å². The van der Waals surface area contributed by atoms with Crippen LogP contribution in [0.25, 0.3) is 0 Å². The second-order valence-corrected chi connectivity index (χ2v) is 10.7. The van der Waals surface area contributed by atoms with Crippen molar-refractivity contribution in [3.05, 3.63) is 30.1 Å². The highest BCUT2D eigenvalue weighted by Gasteiger charge is 2.30. The lowest BCUT2D eigenvalue weighted by Gasteiger charge is -2.35. The van der Waals surface area contributed by atoms with Crippen LogP contribution in [-0.4, -0.2) is 75.2 Å². The lowest BCUT2D eigenvalue weighted by atomic mass is 10.1. The molecule has 0 aliphatic carbocycles. The van der Waals surface area contributed by atoms with Crippen molar-refractivity contribution in [2.75, 3.05) is 62.3 Å². The Labute approximate surface area is 195 Å². The van der Waals surface area contributed by atoms with Gasteiger partial charge in [0.25, 0.3) is 0 Å². The molecule has 1 aromatic carbocycles.